The molecule has 0 amide bonds. The second kappa shape index (κ2) is 6.42. The van der Waals surface area contributed by atoms with Crippen molar-refractivity contribution in [2.24, 2.45) is 11.8 Å². The summed E-state index contributed by atoms with van der Waals surface area (Å²) in [4.78, 5) is 0. The Morgan fingerprint density at radius 1 is 1.33 bits per heavy atom. The Hall–Kier alpha value is -0.760. The summed E-state index contributed by atoms with van der Waals surface area (Å²) in [5.41, 5.74) is 1.43. The molecule has 0 spiro atoms. The van der Waals surface area contributed by atoms with Gasteiger partial charge >= 0.3 is 0 Å². The lowest BCUT2D eigenvalue weighted by molar-refractivity contribution is 0.205. The first kappa shape index (κ1) is 13.7. The van der Waals surface area contributed by atoms with Gasteiger partial charge in [0.1, 0.15) is 0 Å². The fourth-order valence-electron chi connectivity index (χ4n) is 3.17. The zero-order valence-electron chi connectivity index (χ0n) is 12.2. The van der Waals surface area contributed by atoms with Crippen molar-refractivity contribution in [2.75, 3.05) is 0 Å². The van der Waals surface area contributed by atoms with Crippen molar-refractivity contribution in [1.82, 2.24) is 9.88 Å². The van der Waals surface area contributed by atoms with Crippen molar-refractivity contribution in [2.45, 2.75) is 65.6 Å². The van der Waals surface area contributed by atoms with Crippen LogP contribution in [-0.2, 0) is 13.1 Å². The van der Waals surface area contributed by atoms with Gasteiger partial charge in [-0.15, -0.1) is 0 Å². The smallest absolute Gasteiger partial charge is 0.0361 e. The molecule has 1 aliphatic carbocycles. The van der Waals surface area contributed by atoms with Crippen molar-refractivity contribution in [3.63, 3.8) is 0 Å². The molecule has 1 fully saturated rings. The highest BCUT2D eigenvalue weighted by Gasteiger charge is 2.26. The van der Waals surface area contributed by atoms with Crippen molar-refractivity contribution in [3.05, 3.63) is 24.0 Å². The lowest BCUT2D eigenvalue weighted by Crippen LogP contribution is -2.40. The van der Waals surface area contributed by atoms with Crippen molar-refractivity contribution >= 4 is 0 Å². The van der Waals surface area contributed by atoms with Crippen LogP contribution in [0.2, 0.25) is 0 Å². The monoisotopic (exact) mass is 248 g/mol. The molecule has 0 aromatic carbocycles. The predicted molar refractivity (Wildman–Crippen MR) is 77.5 cm³/mol. The molecule has 0 radical (unpaired) electrons. The molecule has 3 atom stereocenters. The number of aryl methyl sites for hydroxylation is 1. The Labute approximate surface area is 112 Å². The van der Waals surface area contributed by atoms with Crippen molar-refractivity contribution in [3.8, 4) is 0 Å². The van der Waals surface area contributed by atoms with Crippen LogP contribution < -0.4 is 5.32 Å². The number of rotatable bonds is 5. The van der Waals surface area contributed by atoms with Gasteiger partial charge in [0.05, 0.1) is 0 Å². The third-order valence-electron chi connectivity index (χ3n) is 4.64. The minimum absolute atomic E-state index is 0.707. The molecule has 0 saturated heterocycles. The topological polar surface area (TPSA) is 17.0 Å². The molecule has 2 heteroatoms. The van der Waals surface area contributed by atoms with Crippen molar-refractivity contribution < 1.29 is 0 Å². The largest absolute Gasteiger partial charge is 0.350 e. The molecule has 1 aliphatic rings. The first-order valence-corrected chi connectivity index (χ1v) is 7.59. The van der Waals surface area contributed by atoms with Crippen LogP contribution in [0.1, 0.15) is 52.1 Å². The molecule has 1 aromatic rings. The van der Waals surface area contributed by atoms with Gasteiger partial charge in [-0.1, -0.05) is 33.6 Å². The van der Waals surface area contributed by atoms with E-state index in [4.69, 9.17) is 0 Å². The Balaban J connectivity index is 1.88. The average Bonchev–Trinajstić information content (AvgIpc) is 2.79. The maximum atomic E-state index is 3.78. The van der Waals surface area contributed by atoms with Gasteiger partial charge in [-0.25, -0.2) is 0 Å². The van der Waals surface area contributed by atoms with E-state index in [-0.39, 0.29) is 0 Å². The van der Waals surface area contributed by atoms with Gasteiger partial charge in [-0.2, -0.15) is 0 Å². The standard InChI is InChI=1S/C16H28N2/c1-4-10-18-11-6-8-15(18)12-17-16-9-5-7-13(2)14(16)3/h6,8,11,13-14,16-17H,4-5,7,9-10,12H2,1-3H3. The summed E-state index contributed by atoms with van der Waals surface area (Å²) in [6, 6.07) is 5.12. The minimum atomic E-state index is 0.707. The molecular weight excluding hydrogens is 220 g/mol. The van der Waals surface area contributed by atoms with E-state index in [1.54, 1.807) is 0 Å². The summed E-state index contributed by atoms with van der Waals surface area (Å²) in [6.07, 6.45) is 7.55. The maximum absolute atomic E-state index is 3.78. The number of aromatic nitrogens is 1. The molecule has 0 aliphatic heterocycles. The molecule has 1 saturated carbocycles. The Kier molecular flexibility index (Phi) is 4.87. The summed E-state index contributed by atoms with van der Waals surface area (Å²) in [7, 11) is 0. The van der Waals surface area contributed by atoms with Crippen LogP contribution in [-0.4, -0.2) is 10.6 Å². The van der Waals surface area contributed by atoms with E-state index in [0.717, 1.165) is 24.9 Å². The highest BCUT2D eigenvalue weighted by Crippen LogP contribution is 2.29. The summed E-state index contributed by atoms with van der Waals surface area (Å²) < 4.78 is 2.38. The zero-order valence-corrected chi connectivity index (χ0v) is 12.2. The zero-order chi connectivity index (χ0) is 13.0. The number of hydrogen-bond acceptors (Lipinski definition) is 1. The van der Waals surface area contributed by atoms with Crippen LogP contribution in [0, 0.1) is 11.8 Å². The molecule has 2 nitrogen and oxygen atoms in total. The van der Waals surface area contributed by atoms with Gasteiger partial charge in [0, 0.05) is 31.0 Å². The fourth-order valence-corrected chi connectivity index (χ4v) is 3.17. The van der Waals surface area contributed by atoms with E-state index in [1.807, 2.05) is 0 Å². The van der Waals surface area contributed by atoms with Gasteiger partial charge in [-0.3, -0.25) is 0 Å². The van der Waals surface area contributed by atoms with Gasteiger partial charge in [-0.05, 0) is 36.8 Å². The minimum Gasteiger partial charge on any atom is -0.350 e. The third kappa shape index (κ3) is 3.17. The van der Waals surface area contributed by atoms with Gasteiger partial charge < -0.3 is 9.88 Å². The highest BCUT2D eigenvalue weighted by molar-refractivity contribution is 5.07. The van der Waals surface area contributed by atoms with Gasteiger partial charge in [0.2, 0.25) is 0 Å². The van der Waals surface area contributed by atoms with Crippen LogP contribution in [0.4, 0.5) is 0 Å². The molecule has 18 heavy (non-hydrogen) atoms. The lowest BCUT2D eigenvalue weighted by atomic mass is 9.78. The Morgan fingerprint density at radius 3 is 2.94 bits per heavy atom. The van der Waals surface area contributed by atoms with Crippen LogP contribution in [0.15, 0.2) is 18.3 Å². The second-order valence-electron chi connectivity index (χ2n) is 5.95. The number of nitrogens with one attached hydrogen (secondary N) is 1. The fraction of sp³-hybridized carbons (Fsp3) is 0.750. The quantitative estimate of drug-likeness (QED) is 0.838. The Bertz CT molecular complexity index is 356. The molecule has 3 unspecified atom stereocenters. The van der Waals surface area contributed by atoms with E-state index in [2.05, 4.69) is 49.0 Å². The average molecular weight is 248 g/mol. The number of nitrogens with zero attached hydrogens (tertiary/aromatic N) is 1. The van der Waals surface area contributed by atoms with E-state index >= 15 is 0 Å². The third-order valence-corrected chi connectivity index (χ3v) is 4.64. The number of hydrogen-bond donors (Lipinski definition) is 1. The maximum Gasteiger partial charge on any atom is 0.0361 e. The van der Waals surface area contributed by atoms with E-state index < -0.39 is 0 Å². The van der Waals surface area contributed by atoms with Crippen molar-refractivity contribution in [1.29, 1.82) is 0 Å². The SMILES string of the molecule is CCCn1cccc1CNC1CCCC(C)C1C. The van der Waals surface area contributed by atoms with Crippen LogP contribution in [0.3, 0.4) is 0 Å². The first-order chi connectivity index (χ1) is 8.72. The lowest BCUT2D eigenvalue weighted by Gasteiger charge is -2.34. The molecular formula is C16H28N2. The second-order valence-corrected chi connectivity index (χ2v) is 5.95. The molecule has 1 N–H and O–H groups in total. The molecule has 1 heterocycles. The van der Waals surface area contributed by atoms with Crippen LogP contribution in [0.25, 0.3) is 0 Å². The molecule has 0 bridgehead atoms. The van der Waals surface area contributed by atoms with Crippen LogP contribution >= 0.6 is 0 Å². The van der Waals surface area contributed by atoms with Crippen LogP contribution in [0.5, 0.6) is 0 Å². The summed E-state index contributed by atoms with van der Waals surface area (Å²) in [5, 5.41) is 3.78. The van der Waals surface area contributed by atoms with Gasteiger partial charge in [0.25, 0.3) is 0 Å². The van der Waals surface area contributed by atoms with E-state index in [0.29, 0.717) is 6.04 Å². The Morgan fingerprint density at radius 2 is 2.17 bits per heavy atom. The first-order valence-electron chi connectivity index (χ1n) is 7.59. The van der Waals surface area contributed by atoms with E-state index in [1.165, 1.54) is 31.4 Å². The molecule has 1 aromatic heterocycles. The predicted octanol–water partition coefficient (Wildman–Crippen LogP) is 3.81. The highest BCUT2D eigenvalue weighted by atomic mass is 15.0. The normalized spacial score (nSPS) is 28.5. The summed E-state index contributed by atoms with van der Waals surface area (Å²) in [6.45, 7) is 9.21. The van der Waals surface area contributed by atoms with E-state index in [9.17, 15) is 0 Å². The molecule has 2 rings (SSSR count). The summed E-state index contributed by atoms with van der Waals surface area (Å²) >= 11 is 0. The van der Waals surface area contributed by atoms with Gasteiger partial charge in [0.15, 0.2) is 0 Å². The molecule has 102 valence electrons. The summed E-state index contributed by atoms with van der Waals surface area (Å²) in [5.74, 6) is 1.69.